The molecule has 0 bridgehead atoms. The van der Waals surface area contributed by atoms with Gasteiger partial charge >= 0.3 is 6.18 Å². The van der Waals surface area contributed by atoms with Gasteiger partial charge in [0.05, 0.1) is 19.3 Å². The number of halogens is 4. The lowest BCUT2D eigenvalue weighted by Gasteiger charge is -2.30. The van der Waals surface area contributed by atoms with E-state index in [1.165, 1.54) is 0 Å². The van der Waals surface area contributed by atoms with Gasteiger partial charge in [-0.1, -0.05) is 45.0 Å². The summed E-state index contributed by atoms with van der Waals surface area (Å²) in [4.78, 5) is 4.55. The molecule has 0 aliphatic carbocycles. The van der Waals surface area contributed by atoms with E-state index in [9.17, 15) is 13.2 Å². The number of guanidine groups is 1. The van der Waals surface area contributed by atoms with Gasteiger partial charge in [0.2, 0.25) is 0 Å². The molecule has 1 unspecified atom stereocenters. The number of nitrogens with zero attached hydrogens (tertiary/aromatic N) is 1. The maximum absolute atomic E-state index is 12.2. The number of ether oxygens (including phenoxy) is 2. The van der Waals surface area contributed by atoms with Crippen LogP contribution in [-0.2, 0) is 22.6 Å². The highest BCUT2D eigenvalue weighted by atomic mass is 127. The van der Waals surface area contributed by atoms with Crippen LogP contribution in [-0.4, -0.2) is 45.0 Å². The van der Waals surface area contributed by atoms with Crippen LogP contribution in [0.25, 0.3) is 0 Å². The maximum Gasteiger partial charge on any atom is 0.411 e. The average molecular weight is 531 g/mol. The number of hydrogen-bond donors (Lipinski definition) is 2. The van der Waals surface area contributed by atoms with E-state index in [0.717, 1.165) is 5.56 Å². The summed E-state index contributed by atoms with van der Waals surface area (Å²) in [6.07, 6.45) is -4.30. The van der Waals surface area contributed by atoms with Crippen LogP contribution in [0.4, 0.5) is 13.2 Å². The first kappa shape index (κ1) is 27.9. The Bertz CT molecular complexity index is 620. The van der Waals surface area contributed by atoms with Crippen molar-refractivity contribution in [1.82, 2.24) is 10.6 Å². The highest BCUT2D eigenvalue weighted by Gasteiger charge is 2.27. The topological polar surface area (TPSA) is 54.9 Å². The molecule has 0 spiro atoms. The van der Waals surface area contributed by atoms with Gasteiger partial charge in [0.25, 0.3) is 0 Å². The highest BCUT2D eigenvalue weighted by Crippen LogP contribution is 2.21. The second kappa shape index (κ2) is 13.3. The lowest BCUT2D eigenvalue weighted by molar-refractivity contribution is -0.176. The second-order valence-corrected chi connectivity index (χ2v) is 7.59. The zero-order valence-electron chi connectivity index (χ0n) is 17.7. The Morgan fingerprint density at radius 3 is 2.34 bits per heavy atom. The molecule has 1 rings (SSSR count). The summed E-state index contributed by atoms with van der Waals surface area (Å²) >= 11 is 0. The van der Waals surface area contributed by atoms with Gasteiger partial charge in [-0.05, 0) is 23.5 Å². The SMILES string of the molecule is CCNC(=NCc1cccc(COCC(F)(F)F)c1)NCC(OC)C(C)(C)C.I. The normalized spacial score (nSPS) is 13.6. The molecule has 0 saturated heterocycles. The van der Waals surface area contributed by atoms with Gasteiger partial charge in [0.1, 0.15) is 6.61 Å². The van der Waals surface area contributed by atoms with Crippen LogP contribution in [0, 0.1) is 5.41 Å². The summed E-state index contributed by atoms with van der Waals surface area (Å²) < 4.78 is 46.8. The van der Waals surface area contributed by atoms with Gasteiger partial charge in [-0.3, -0.25) is 0 Å². The Labute approximate surface area is 188 Å². The van der Waals surface area contributed by atoms with Crippen LogP contribution >= 0.6 is 24.0 Å². The highest BCUT2D eigenvalue weighted by molar-refractivity contribution is 14.0. The van der Waals surface area contributed by atoms with Crippen molar-refractivity contribution in [2.45, 2.75) is 53.1 Å². The van der Waals surface area contributed by atoms with Crippen molar-refractivity contribution in [1.29, 1.82) is 0 Å². The minimum absolute atomic E-state index is 0. The Hall–Kier alpha value is -1.07. The molecule has 0 radical (unpaired) electrons. The number of alkyl halides is 3. The van der Waals surface area contributed by atoms with Gasteiger partial charge < -0.3 is 20.1 Å². The van der Waals surface area contributed by atoms with Crippen LogP contribution in [0.15, 0.2) is 29.3 Å². The van der Waals surface area contributed by atoms with Crippen LogP contribution in [0.2, 0.25) is 0 Å². The Morgan fingerprint density at radius 2 is 1.79 bits per heavy atom. The summed E-state index contributed by atoms with van der Waals surface area (Å²) in [6.45, 7) is 8.69. The zero-order valence-corrected chi connectivity index (χ0v) is 20.1. The van der Waals surface area contributed by atoms with E-state index in [1.54, 1.807) is 25.3 Å². The molecule has 0 aromatic heterocycles. The molecule has 0 aliphatic heterocycles. The summed E-state index contributed by atoms with van der Waals surface area (Å²) in [5.74, 6) is 0.660. The van der Waals surface area contributed by atoms with Crippen molar-refractivity contribution in [3.63, 3.8) is 0 Å². The number of hydrogen-bond acceptors (Lipinski definition) is 3. The minimum atomic E-state index is -4.32. The number of benzene rings is 1. The van der Waals surface area contributed by atoms with Crippen molar-refractivity contribution in [3.8, 4) is 0 Å². The quantitative estimate of drug-likeness (QED) is 0.280. The molecule has 5 nitrogen and oxygen atoms in total. The lowest BCUT2D eigenvalue weighted by atomic mass is 9.89. The fraction of sp³-hybridized carbons (Fsp3) is 0.650. The third kappa shape index (κ3) is 12.3. The molecule has 1 atom stereocenters. The zero-order chi connectivity index (χ0) is 21.2. The van der Waals surface area contributed by atoms with Crippen molar-refractivity contribution in [2.75, 3.05) is 26.8 Å². The standard InChI is InChI=1S/C20H32F3N3O2.HI/c1-6-24-18(26-12-17(27-5)19(2,3)4)25-11-15-8-7-9-16(10-15)13-28-14-20(21,22)23;/h7-10,17H,6,11-14H2,1-5H3,(H2,24,25,26);1H. The average Bonchev–Trinajstić information content (AvgIpc) is 2.58. The first-order valence-corrected chi connectivity index (χ1v) is 9.32. The Balaban J connectivity index is 0.00000784. The third-order valence-corrected chi connectivity index (χ3v) is 4.00. The minimum Gasteiger partial charge on any atom is -0.379 e. The molecule has 0 heterocycles. The molecule has 0 saturated carbocycles. The molecule has 29 heavy (non-hydrogen) atoms. The Kier molecular flexibility index (Phi) is 12.8. The molecular formula is C20H33F3IN3O2. The fourth-order valence-electron chi connectivity index (χ4n) is 2.55. The number of aliphatic imine (C=N–C) groups is 1. The molecule has 1 aromatic carbocycles. The van der Waals surface area contributed by atoms with Crippen molar-refractivity contribution in [3.05, 3.63) is 35.4 Å². The molecular weight excluding hydrogens is 498 g/mol. The number of nitrogens with one attached hydrogen (secondary N) is 2. The van der Waals surface area contributed by atoms with Crippen molar-refractivity contribution >= 4 is 29.9 Å². The predicted molar refractivity (Wildman–Crippen MR) is 121 cm³/mol. The number of methoxy groups -OCH3 is 1. The van der Waals surface area contributed by atoms with Crippen LogP contribution in [0.5, 0.6) is 0 Å². The van der Waals surface area contributed by atoms with Gasteiger partial charge in [-0.2, -0.15) is 13.2 Å². The van der Waals surface area contributed by atoms with Gasteiger partial charge in [0.15, 0.2) is 5.96 Å². The molecule has 1 aromatic rings. The van der Waals surface area contributed by atoms with E-state index in [1.807, 2.05) is 13.0 Å². The van der Waals surface area contributed by atoms with E-state index in [-0.39, 0.29) is 42.1 Å². The van der Waals surface area contributed by atoms with E-state index in [4.69, 9.17) is 9.47 Å². The predicted octanol–water partition coefficient (Wildman–Crippen LogP) is 4.50. The first-order valence-electron chi connectivity index (χ1n) is 9.32. The molecule has 168 valence electrons. The molecule has 0 fully saturated rings. The second-order valence-electron chi connectivity index (χ2n) is 7.59. The summed E-state index contributed by atoms with van der Waals surface area (Å²) in [5.41, 5.74) is 1.57. The fourth-order valence-corrected chi connectivity index (χ4v) is 2.55. The summed E-state index contributed by atoms with van der Waals surface area (Å²) in [7, 11) is 1.69. The van der Waals surface area contributed by atoms with E-state index < -0.39 is 12.8 Å². The van der Waals surface area contributed by atoms with E-state index in [2.05, 4.69) is 36.4 Å². The molecule has 2 N–H and O–H groups in total. The monoisotopic (exact) mass is 531 g/mol. The summed E-state index contributed by atoms with van der Waals surface area (Å²) in [5, 5.41) is 6.46. The van der Waals surface area contributed by atoms with Gasteiger partial charge in [0, 0.05) is 20.2 Å². The smallest absolute Gasteiger partial charge is 0.379 e. The largest absolute Gasteiger partial charge is 0.411 e. The Morgan fingerprint density at radius 1 is 1.14 bits per heavy atom. The lowest BCUT2D eigenvalue weighted by Crippen LogP contribution is -2.45. The van der Waals surface area contributed by atoms with Crippen molar-refractivity contribution < 1.29 is 22.6 Å². The molecule has 0 aliphatic rings. The summed E-state index contributed by atoms with van der Waals surface area (Å²) in [6, 6.07) is 7.21. The van der Waals surface area contributed by atoms with Crippen LogP contribution < -0.4 is 10.6 Å². The molecule has 9 heteroatoms. The van der Waals surface area contributed by atoms with Crippen LogP contribution in [0.3, 0.4) is 0 Å². The van der Waals surface area contributed by atoms with Crippen LogP contribution in [0.1, 0.15) is 38.8 Å². The number of rotatable bonds is 9. The maximum atomic E-state index is 12.2. The van der Waals surface area contributed by atoms with Gasteiger partial charge in [-0.15, -0.1) is 24.0 Å². The van der Waals surface area contributed by atoms with E-state index in [0.29, 0.717) is 31.2 Å². The molecule has 0 amide bonds. The third-order valence-electron chi connectivity index (χ3n) is 4.00. The van der Waals surface area contributed by atoms with Gasteiger partial charge in [-0.25, -0.2) is 4.99 Å². The first-order chi connectivity index (χ1) is 13.0. The van der Waals surface area contributed by atoms with E-state index >= 15 is 0 Å². The van der Waals surface area contributed by atoms with Crippen molar-refractivity contribution in [2.24, 2.45) is 10.4 Å².